The highest BCUT2D eigenvalue weighted by atomic mass is 16.5. The summed E-state index contributed by atoms with van der Waals surface area (Å²) in [4.78, 5) is 91.4. The molecular weight excluding hydrogens is 540 g/mol. The largest absolute Gasteiger partial charge is 0.466 e. The number of hydrogen-bond donors (Lipinski definition) is 3. The van der Waals surface area contributed by atoms with Crippen LogP contribution in [-0.4, -0.2) is 79.4 Å². The van der Waals surface area contributed by atoms with Crippen molar-refractivity contribution in [1.82, 2.24) is 15.3 Å². The van der Waals surface area contributed by atoms with Crippen LogP contribution in [0.2, 0.25) is 0 Å². The van der Waals surface area contributed by atoms with Crippen LogP contribution in [0.15, 0.2) is 35.3 Å². The molecule has 2 aromatic rings. The minimum Gasteiger partial charge on any atom is -0.466 e. The average Bonchev–Trinajstić information content (AvgIpc) is 2.96. The van der Waals surface area contributed by atoms with E-state index in [4.69, 9.17) is 9.47 Å². The monoisotopic (exact) mass is 572 g/mol. The van der Waals surface area contributed by atoms with Crippen LogP contribution in [0.4, 0.5) is 17.3 Å². The van der Waals surface area contributed by atoms with Gasteiger partial charge >= 0.3 is 11.9 Å². The molecule has 0 saturated carbocycles. The Morgan fingerprint density at radius 3 is 2.24 bits per heavy atom. The Hall–Kier alpha value is -5.08. The molecule has 2 rings (SSSR count). The Kier molecular flexibility index (Phi) is 13.2. The van der Waals surface area contributed by atoms with Crippen molar-refractivity contribution in [2.75, 3.05) is 41.4 Å². The fourth-order valence-corrected chi connectivity index (χ4v) is 3.64. The second kappa shape index (κ2) is 16.8. The van der Waals surface area contributed by atoms with E-state index in [2.05, 4.69) is 20.6 Å². The summed E-state index contributed by atoms with van der Waals surface area (Å²) in [5, 5.41) is 4.76. The van der Waals surface area contributed by atoms with Crippen molar-refractivity contribution in [3.63, 3.8) is 0 Å². The van der Waals surface area contributed by atoms with Gasteiger partial charge in [0.2, 0.25) is 25.2 Å². The van der Waals surface area contributed by atoms with Crippen molar-refractivity contribution in [2.24, 2.45) is 0 Å². The lowest BCUT2D eigenvalue weighted by molar-refractivity contribution is -0.147. The normalized spacial score (nSPS) is 11.0. The lowest BCUT2D eigenvalue weighted by Gasteiger charge is -2.21. The van der Waals surface area contributed by atoms with E-state index in [1.165, 1.54) is 29.2 Å². The number of aromatic nitrogens is 2. The molecule has 0 bridgehead atoms. The summed E-state index contributed by atoms with van der Waals surface area (Å²) in [6, 6.07) is 4.94. The van der Waals surface area contributed by atoms with E-state index >= 15 is 0 Å². The van der Waals surface area contributed by atoms with Gasteiger partial charge < -0.3 is 24.6 Å². The second-order valence-electron chi connectivity index (χ2n) is 8.33. The number of nitrogens with zero attached hydrogens (tertiary/aromatic N) is 3. The fraction of sp³-hybridized carbons (Fsp3) is 0.385. The fourth-order valence-electron chi connectivity index (χ4n) is 3.64. The van der Waals surface area contributed by atoms with Gasteiger partial charge in [-0.3, -0.25) is 39.1 Å². The van der Waals surface area contributed by atoms with Crippen LogP contribution in [0, 0.1) is 0 Å². The number of benzene rings is 1. The highest BCUT2D eigenvalue weighted by Crippen LogP contribution is 2.16. The number of amides is 4. The number of ether oxygens (including phenoxy) is 2. The molecular formula is C26H32N6O9. The molecule has 3 N–H and O–H groups in total. The van der Waals surface area contributed by atoms with Gasteiger partial charge in [0.15, 0.2) is 0 Å². The summed E-state index contributed by atoms with van der Waals surface area (Å²) in [6.07, 6.45) is 2.73. The number of esters is 2. The van der Waals surface area contributed by atoms with Crippen LogP contribution in [-0.2, 0) is 33.4 Å². The van der Waals surface area contributed by atoms with Crippen LogP contribution < -0.4 is 26.0 Å². The maximum absolute atomic E-state index is 12.8. The topological polar surface area (TPSA) is 197 Å². The van der Waals surface area contributed by atoms with Crippen LogP contribution in [0.5, 0.6) is 0 Å². The van der Waals surface area contributed by atoms with Gasteiger partial charge in [0, 0.05) is 30.8 Å². The average molecular weight is 573 g/mol. The molecule has 0 spiro atoms. The number of carbonyl (C=O) groups is 6. The molecule has 0 aliphatic carbocycles. The van der Waals surface area contributed by atoms with Gasteiger partial charge in [-0.2, -0.15) is 0 Å². The Morgan fingerprint density at radius 2 is 1.66 bits per heavy atom. The maximum atomic E-state index is 12.8. The molecule has 0 unspecified atom stereocenters. The van der Waals surface area contributed by atoms with Crippen molar-refractivity contribution in [3.05, 3.63) is 46.4 Å². The lowest BCUT2D eigenvalue weighted by atomic mass is 10.1. The first-order valence-electron chi connectivity index (χ1n) is 12.7. The minimum absolute atomic E-state index is 0.0000756. The van der Waals surface area contributed by atoms with Crippen molar-refractivity contribution in [3.8, 4) is 0 Å². The number of carbonyl (C=O) groups excluding carboxylic acids is 6. The summed E-state index contributed by atoms with van der Waals surface area (Å²) in [6.45, 7) is 3.84. The zero-order valence-electron chi connectivity index (χ0n) is 22.7. The molecule has 15 nitrogen and oxygen atoms in total. The molecule has 0 aliphatic heterocycles. The quantitative estimate of drug-likeness (QED) is 0.166. The Bertz CT molecular complexity index is 1260. The standard InChI is InChI=1S/C26H32N6O9/c1-3-40-22(36)11-10-20(25(39)41-4-2)29-23(37)18-6-8-19(9-7-18)31(16-34)12-5-13-32(17-35)21-14-27-26(28-15-33)30-24(21)38/h6-9,14-17,20H,3-5,10-13H2,1-2H3,(H,29,37)(H2,27,28,30,33,38)/t20-/m0/s1. The van der Waals surface area contributed by atoms with E-state index in [9.17, 15) is 33.6 Å². The summed E-state index contributed by atoms with van der Waals surface area (Å²) in [7, 11) is 0. The van der Waals surface area contributed by atoms with E-state index < -0.39 is 29.4 Å². The van der Waals surface area contributed by atoms with Gasteiger partial charge in [-0.1, -0.05) is 0 Å². The van der Waals surface area contributed by atoms with Gasteiger partial charge in [-0.05, 0) is 51.0 Å². The van der Waals surface area contributed by atoms with Crippen molar-refractivity contribution in [2.45, 2.75) is 39.2 Å². The minimum atomic E-state index is -1.06. The zero-order valence-corrected chi connectivity index (χ0v) is 22.7. The number of aromatic amines is 1. The summed E-state index contributed by atoms with van der Waals surface area (Å²) in [5.74, 6) is -1.83. The Labute approximate surface area is 235 Å². The zero-order chi connectivity index (χ0) is 30.2. The predicted octanol–water partition coefficient (Wildman–Crippen LogP) is 0.359. The summed E-state index contributed by atoms with van der Waals surface area (Å²) < 4.78 is 9.86. The van der Waals surface area contributed by atoms with E-state index in [0.29, 0.717) is 24.9 Å². The Balaban J connectivity index is 2.01. The third kappa shape index (κ3) is 9.87. The molecule has 1 aromatic carbocycles. The number of rotatable bonds is 18. The van der Waals surface area contributed by atoms with Gasteiger partial charge in [0.25, 0.3) is 11.5 Å². The molecule has 4 amide bonds. The number of hydrogen-bond acceptors (Lipinski definition) is 10. The van der Waals surface area contributed by atoms with Crippen LogP contribution in [0.25, 0.3) is 0 Å². The maximum Gasteiger partial charge on any atom is 0.328 e. The van der Waals surface area contributed by atoms with E-state index in [-0.39, 0.29) is 62.8 Å². The number of nitrogens with one attached hydrogen (secondary N) is 3. The van der Waals surface area contributed by atoms with Gasteiger partial charge in [-0.15, -0.1) is 0 Å². The molecule has 41 heavy (non-hydrogen) atoms. The molecule has 1 aromatic heterocycles. The van der Waals surface area contributed by atoms with Gasteiger partial charge in [-0.25, -0.2) is 9.78 Å². The third-order valence-electron chi connectivity index (χ3n) is 5.62. The highest BCUT2D eigenvalue weighted by Gasteiger charge is 2.24. The van der Waals surface area contributed by atoms with E-state index in [1.807, 2.05) is 0 Å². The van der Waals surface area contributed by atoms with Crippen LogP contribution in [0.1, 0.15) is 43.5 Å². The van der Waals surface area contributed by atoms with Crippen molar-refractivity contribution < 1.29 is 38.2 Å². The van der Waals surface area contributed by atoms with Gasteiger partial charge in [0.1, 0.15) is 11.7 Å². The Morgan fingerprint density at radius 1 is 1.00 bits per heavy atom. The molecule has 0 saturated heterocycles. The first kappa shape index (κ1) is 32.1. The molecule has 0 radical (unpaired) electrons. The molecule has 15 heteroatoms. The molecule has 0 aliphatic rings. The molecule has 220 valence electrons. The van der Waals surface area contributed by atoms with E-state index in [0.717, 1.165) is 11.1 Å². The lowest BCUT2D eigenvalue weighted by Crippen LogP contribution is -2.42. The first-order chi connectivity index (χ1) is 19.8. The molecule has 1 atom stereocenters. The second-order valence-corrected chi connectivity index (χ2v) is 8.33. The van der Waals surface area contributed by atoms with Crippen LogP contribution >= 0.6 is 0 Å². The number of anilines is 3. The van der Waals surface area contributed by atoms with Gasteiger partial charge in [0.05, 0.1) is 19.4 Å². The van der Waals surface area contributed by atoms with Crippen molar-refractivity contribution in [1.29, 1.82) is 0 Å². The number of H-pyrrole nitrogens is 1. The smallest absolute Gasteiger partial charge is 0.328 e. The first-order valence-corrected chi connectivity index (χ1v) is 12.7. The molecule has 1 heterocycles. The summed E-state index contributed by atoms with van der Waals surface area (Å²) in [5.41, 5.74) is -0.00448. The van der Waals surface area contributed by atoms with Crippen molar-refractivity contribution >= 4 is 54.4 Å². The highest BCUT2D eigenvalue weighted by molar-refractivity contribution is 5.97. The molecule has 0 fully saturated rings. The summed E-state index contributed by atoms with van der Waals surface area (Å²) >= 11 is 0. The van der Waals surface area contributed by atoms with E-state index in [1.54, 1.807) is 13.8 Å². The predicted molar refractivity (Wildman–Crippen MR) is 146 cm³/mol. The third-order valence-corrected chi connectivity index (χ3v) is 5.62. The van der Waals surface area contributed by atoms with Crippen LogP contribution in [0.3, 0.4) is 0 Å². The SMILES string of the molecule is CCOC(=O)CC[C@H](NC(=O)c1ccc(N(C=O)CCCN(C=O)c2cnc(NC=O)[nH]c2=O)cc1)C(=O)OCC.